The van der Waals surface area contributed by atoms with E-state index in [4.69, 9.17) is 0 Å². The van der Waals surface area contributed by atoms with Crippen LogP contribution >= 0.6 is 0 Å². The molecule has 0 atom stereocenters. The number of alkyl halides is 3. The Balaban J connectivity index is 0.00000162. The summed E-state index contributed by atoms with van der Waals surface area (Å²) in [4.78, 5) is 0. The fourth-order valence-corrected chi connectivity index (χ4v) is 1.45. The van der Waals surface area contributed by atoms with Crippen LogP contribution in [0.15, 0.2) is 48.5 Å². The summed E-state index contributed by atoms with van der Waals surface area (Å²) in [6.07, 6.45) is -4.66. The van der Waals surface area contributed by atoms with Gasteiger partial charge in [-0.25, -0.2) is 0 Å². The van der Waals surface area contributed by atoms with Crippen LogP contribution in [0.2, 0.25) is 0 Å². The van der Waals surface area contributed by atoms with Crippen LogP contribution < -0.4 is 21.7 Å². The number of ether oxygens (including phenoxy) is 1. The molecule has 2 rings (SSSR count). The number of hydrogen-bond donors (Lipinski definition) is 0. The quantitative estimate of drug-likeness (QED) is 0.577. The monoisotopic (exact) mass is 340 g/mol. The summed E-state index contributed by atoms with van der Waals surface area (Å²) in [5, 5.41) is 0. The van der Waals surface area contributed by atoms with Gasteiger partial charge in [-0.05, 0) is 17.7 Å². The zero-order valence-electron chi connectivity index (χ0n) is 9.75. The molecule has 0 spiro atoms. The summed E-state index contributed by atoms with van der Waals surface area (Å²) in [5.74, 6) is -0.220. The van der Waals surface area contributed by atoms with Gasteiger partial charge in [-0.1, -0.05) is 12.1 Å². The van der Waals surface area contributed by atoms with E-state index in [0.29, 0.717) is 5.56 Å². The molecule has 2 aromatic rings. The molecule has 0 aromatic heterocycles. The first kappa shape index (κ1) is 18.3. The van der Waals surface area contributed by atoms with E-state index in [9.17, 15) is 13.2 Å². The number of hydrogen-bond acceptors (Lipinski definition) is 1. The van der Waals surface area contributed by atoms with E-state index in [1.165, 1.54) is 18.2 Å². The molecular weight excluding hydrogens is 333 g/mol. The van der Waals surface area contributed by atoms with Gasteiger partial charge < -0.3 is 21.7 Å². The SMILES string of the molecule is FC(F)(F)Oc1cccc(-c2cc[c-]cc2)c1.[Br-].[Mg+2]. The third kappa shape index (κ3) is 5.84. The van der Waals surface area contributed by atoms with Gasteiger partial charge in [-0.3, -0.25) is 0 Å². The Hall–Kier alpha value is -0.724. The largest absolute Gasteiger partial charge is 2.00 e. The van der Waals surface area contributed by atoms with Gasteiger partial charge in [0, 0.05) is 0 Å². The van der Waals surface area contributed by atoms with Gasteiger partial charge in [0.2, 0.25) is 0 Å². The summed E-state index contributed by atoms with van der Waals surface area (Å²) in [6.45, 7) is 0. The second-order valence-corrected chi connectivity index (χ2v) is 3.36. The van der Waals surface area contributed by atoms with Crippen LogP contribution in [0.5, 0.6) is 5.75 Å². The smallest absolute Gasteiger partial charge is 1.00 e. The second kappa shape index (κ2) is 7.77. The van der Waals surface area contributed by atoms with E-state index in [1.807, 2.05) is 0 Å². The minimum atomic E-state index is -4.66. The Kier molecular flexibility index (Phi) is 7.47. The van der Waals surface area contributed by atoms with E-state index in [-0.39, 0.29) is 45.8 Å². The fourth-order valence-electron chi connectivity index (χ4n) is 1.45. The third-order valence-corrected chi connectivity index (χ3v) is 2.12. The molecule has 0 aliphatic heterocycles. The van der Waals surface area contributed by atoms with Crippen LogP contribution in [0.4, 0.5) is 13.2 Å². The second-order valence-electron chi connectivity index (χ2n) is 3.36. The third-order valence-electron chi connectivity index (χ3n) is 2.12. The molecule has 96 valence electrons. The van der Waals surface area contributed by atoms with E-state index < -0.39 is 6.36 Å². The van der Waals surface area contributed by atoms with Gasteiger partial charge in [0.1, 0.15) is 5.75 Å². The molecular formula is C13H8BrF3MgO. The van der Waals surface area contributed by atoms with Crippen molar-refractivity contribution < 1.29 is 34.9 Å². The first-order valence-electron chi connectivity index (χ1n) is 4.87. The van der Waals surface area contributed by atoms with Crippen molar-refractivity contribution in [1.29, 1.82) is 0 Å². The van der Waals surface area contributed by atoms with Crippen molar-refractivity contribution in [3.05, 3.63) is 54.6 Å². The van der Waals surface area contributed by atoms with Gasteiger partial charge in [-0.2, -0.15) is 30.3 Å². The molecule has 0 saturated heterocycles. The zero-order chi connectivity index (χ0) is 12.3. The molecule has 0 saturated carbocycles. The number of halogens is 4. The van der Waals surface area contributed by atoms with Crippen molar-refractivity contribution in [3.63, 3.8) is 0 Å². The Morgan fingerprint density at radius 3 is 2.16 bits per heavy atom. The molecule has 0 heterocycles. The summed E-state index contributed by atoms with van der Waals surface area (Å²) in [7, 11) is 0. The maximum Gasteiger partial charge on any atom is 2.00 e. The molecule has 1 nitrogen and oxygen atoms in total. The topological polar surface area (TPSA) is 9.23 Å². The summed E-state index contributed by atoms with van der Waals surface area (Å²) in [5.41, 5.74) is 1.48. The van der Waals surface area contributed by atoms with E-state index in [0.717, 1.165) is 5.56 Å². The predicted octanol–water partition coefficient (Wildman–Crippen LogP) is 0.676. The van der Waals surface area contributed by atoms with Crippen molar-refractivity contribution in [1.82, 2.24) is 0 Å². The van der Waals surface area contributed by atoms with E-state index in [2.05, 4.69) is 10.8 Å². The standard InChI is InChI=1S/C13H8F3O.BrH.Mg/c14-13(15,16)17-12-8-4-7-11(9-12)10-5-2-1-3-6-10;;/h2-9H;1H;/q-1;;+2/p-1. The summed E-state index contributed by atoms with van der Waals surface area (Å²) < 4.78 is 40.0. The van der Waals surface area contributed by atoms with Gasteiger partial charge in [0.05, 0.1) is 0 Å². The van der Waals surface area contributed by atoms with E-state index in [1.54, 1.807) is 30.3 Å². The van der Waals surface area contributed by atoms with Crippen molar-refractivity contribution in [3.8, 4) is 16.9 Å². The van der Waals surface area contributed by atoms with Crippen molar-refractivity contribution in [2.45, 2.75) is 6.36 Å². The average Bonchev–Trinajstić information content (AvgIpc) is 2.28. The van der Waals surface area contributed by atoms with Crippen LogP contribution in [0.1, 0.15) is 0 Å². The van der Waals surface area contributed by atoms with Crippen LogP contribution in [0.25, 0.3) is 11.1 Å². The van der Waals surface area contributed by atoms with Crippen molar-refractivity contribution in [2.75, 3.05) is 0 Å². The van der Waals surface area contributed by atoms with Crippen LogP contribution in [0.3, 0.4) is 0 Å². The first-order valence-corrected chi connectivity index (χ1v) is 4.87. The molecule has 0 unspecified atom stereocenters. The summed E-state index contributed by atoms with van der Waals surface area (Å²) >= 11 is 0. The van der Waals surface area contributed by atoms with Crippen LogP contribution in [-0.4, -0.2) is 29.4 Å². The molecule has 2 aromatic carbocycles. The molecule has 6 heteroatoms. The van der Waals surface area contributed by atoms with Crippen LogP contribution in [-0.2, 0) is 0 Å². The molecule has 0 radical (unpaired) electrons. The van der Waals surface area contributed by atoms with Gasteiger partial charge in [0.15, 0.2) is 0 Å². The summed E-state index contributed by atoms with van der Waals surface area (Å²) in [6, 6.07) is 15.6. The van der Waals surface area contributed by atoms with Crippen molar-refractivity contribution in [2.24, 2.45) is 0 Å². The molecule has 19 heavy (non-hydrogen) atoms. The van der Waals surface area contributed by atoms with Crippen LogP contribution in [0, 0.1) is 6.07 Å². The minimum absolute atomic E-state index is 0. The normalized spacial score (nSPS) is 10.1. The average molecular weight is 341 g/mol. The number of rotatable bonds is 2. The maximum absolute atomic E-state index is 12.0. The Morgan fingerprint density at radius 1 is 0.947 bits per heavy atom. The molecule has 0 bridgehead atoms. The fraction of sp³-hybridized carbons (Fsp3) is 0.0769. The van der Waals surface area contributed by atoms with Crippen molar-refractivity contribution >= 4 is 23.1 Å². The maximum atomic E-state index is 12.0. The molecule has 0 amide bonds. The van der Waals surface area contributed by atoms with Gasteiger partial charge in [0.25, 0.3) is 0 Å². The minimum Gasteiger partial charge on any atom is -1.00 e. The molecule has 0 N–H and O–H groups in total. The zero-order valence-corrected chi connectivity index (χ0v) is 12.7. The van der Waals surface area contributed by atoms with Gasteiger partial charge in [-0.15, -0.1) is 18.7 Å². The van der Waals surface area contributed by atoms with Gasteiger partial charge >= 0.3 is 29.4 Å². The number of benzene rings is 2. The Bertz CT molecular complexity index is 503. The molecule has 0 aliphatic rings. The molecule has 0 aliphatic carbocycles. The van der Waals surface area contributed by atoms with E-state index >= 15 is 0 Å². The first-order chi connectivity index (χ1) is 8.04. The Labute approximate surface area is 135 Å². The predicted molar refractivity (Wildman–Crippen MR) is 63.2 cm³/mol. The Morgan fingerprint density at radius 2 is 1.58 bits per heavy atom. The molecule has 0 fully saturated rings.